The van der Waals surface area contributed by atoms with Gasteiger partial charge in [0.1, 0.15) is 5.01 Å². The lowest BCUT2D eigenvalue weighted by Gasteiger charge is -1.91. The maximum Gasteiger partial charge on any atom is 0.194 e. The van der Waals surface area contributed by atoms with Crippen molar-refractivity contribution in [1.82, 2.24) is 4.98 Å². The van der Waals surface area contributed by atoms with Crippen LogP contribution in [0.15, 0.2) is 71.0 Å². The molecule has 2 nitrogen and oxygen atoms in total. The summed E-state index contributed by atoms with van der Waals surface area (Å²) in [6.07, 6.45) is 1.83. The summed E-state index contributed by atoms with van der Waals surface area (Å²) >= 11 is 1.66. The van der Waals surface area contributed by atoms with Crippen molar-refractivity contribution < 1.29 is 0 Å². The lowest BCUT2D eigenvalue weighted by atomic mass is 10.2. The van der Waals surface area contributed by atoms with Gasteiger partial charge in [0, 0.05) is 27.9 Å². The van der Waals surface area contributed by atoms with Crippen molar-refractivity contribution in [3.63, 3.8) is 0 Å². The van der Waals surface area contributed by atoms with Crippen molar-refractivity contribution in [3.05, 3.63) is 76.4 Å². The SMILES string of the molecule is O=c1c2ccccc12.c1ccc(-c2nccs2)cc1. The quantitative estimate of drug-likeness (QED) is 0.522. The maximum absolute atomic E-state index is 10.5. The van der Waals surface area contributed by atoms with Crippen molar-refractivity contribution in [1.29, 1.82) is 0 Å². The van der Waals surface area contributed by atoms with Crippen LogP contribution >= 0.6 is 11.3 Å². The van der Waals surface area contributed by atoms with Gasteiger partial charge in [0.15, 0.2) is 5.43 Å². The molecule has 4 aromatic rings. The molecule has 0 bridgehead atoms. The monoisotopic (exact) mass is 265 g/mol. The van der Waals surface area contributed by atoms with E-state index in [0.29, 0.717) is 0 Å². The molecule has 0 saturated heterocycles. The van der Waals surface area contributed by atoms with Gasteiger partial charge in [-0.3, -0.25) is 4.79 Å². The molecule has 0 atom stereocenters. The fourth-order valence-corrected chi connectivity index (χ4v) is 2.42. The fourth-order valence-electron chi connectivity index (χ4n) is 1.78. The highest BCUT2D eigenvalue weighted by Gasteiger charge is 2.07. The molecule has 0 saturated carbocycles. The van der Waals surface area contributed by atoms with Gasteiger partial charge in [0.2, 0.25) is 0 Å². The van der Waals surface area contributed by atoms with Crippen LogP contribution < -0.4 is 5.43 Å². The van der Waals surface area contributed by atoms with E-state index in [0.717, 1.165) is 15.8 Å². The second-order valence-corrected chi connectivity index (χ2v) is 4.97. The second kappa shape index (κ2) is 5.16. The van der Waals surface area contributed by atoms with Gasteiger partial charge in [-0.05, 0) is 0 Å². The highest BCUT2D eigenvalue weighted by atomic mass is 32.1. The van der Waals surface area contributed by atoms with Crippen molar-refractivity contribution >= 4 is 22.1 Å². The molecule has 0 unspecified atom stereocenters. The zero-order valence-electron chi connectivity index (χ0n) is 10.1. The number of fused-ring (bicyclic) bond motifs is 1. The van der Waals surface area contributed by atoms with Crippen LogP contribution in [0.2, 0.25) is 0 Å². The van der Waals surface area contributed by atoms with E-state index in [9.17, 15) is 4.79 Å². The molecule has 0 aliphatic rings. The van der Waals surface area contributed by atoms with Crippen molar-refractivity contribution in [2.24, 2.45) is 0 Å². The van der Waals surface area contributed by atoms with Gasteiger partial charge < -0.3 is 0 Å². The molecule has 0 aliphatic heterocycles. The summed E-state index contributed by atoms with van der Waals surface area (Å²) < 4.78 is 0. The van der Waals surface area contributed by atoms with Gasteiger partial charge >= 0.3 is 0 Å². The van der Waals surface area contributed by atoms with E-state index in [-0.39, 0.29) is 5.43 Å². The van der Waals surface area contributed by atoms with E-state index < -0.39 is 0 Å². The molecule has 0 spiro atoms. The van der Waals surface area contributed by atoms with Gasteiger partial charge in [-0.1, -0.05) is 54.6 Å². The van der Waals surface area contributed by atoms with Crippen LogP contribution in [-0.4, -0.2) is 4.98 Å². The molecule has 0 aliphatic carbocycles. The molecule has 1 heterocycles. The molecular formula is C16H11NOS. The number of hydrogen-bond acceptors (Lipinski definition) is 3. The summed E-state index contributed by atoms with van der Waals surface area (Å²) in [5.41, 5.74) is 1.41. The number of benzene rings is 2. The smallest absolute Gasteiger partial charge is 0.194 e. The molecule has 0 fully saturated rings. The Morgan fingerprint density at radius 3 is 2.00 bits per heavy atom. The molecule has 0 N–H and O–H groups in total. The number of nitrogens with zero attached hydrogens (tertiary/aromatic N) is 1. The average Bonchev–Trinajstić information content (AvgIpc) is 2.93. The van der Waals surface area contributed by atoms with Crippen molar-refractivity contribution in [3.8, 4) is 10.6 Å². The Kier molecular flexibility index (Phi) is 3.21. The van der Waals surface area contributed by atoms with E-state index >= 15 is 0 Å². The summed E-state index contributed by atoms with van der Waals surface area (Å²) in [6, 6.07) is 17.6. The van der Waals surface area contributed by atoms with E-state index in [1.807, 2.05) is 54.0 Å². The minimum Gasteiger partial charge on any atom is -0.289 e. The Hall–Kier alpha value is -2.26. The Morgan fingerprint density at radius 1 is 0.842 bits per heavy atom. The topological polar surface area (TPSA) is 30.0 Å². The molecule has 0 amide bonds. The first-order chi connectivity index (χ1) is 9.36. The van der Waals surface area contributed by atoms with E-state index in [1.54, 1.807) is 11.3 Å². The molecule has 19 heavy (non-hydrogen) atoms. The largest absolute Gasteiger partial charge is 0.289 e. The standard InChI is InChI=1S/C9H7NS.C7H4O/c1-2-4-8(5-3-1)9-10-6-7-11-9;8-7-5-3-1-2-4-6(5)7/h1-7H;1-4H. The van der Waals surface area contributed by atoms with Crippen LogP contribution in [-0.2, 0) is 0 Å². The maximum atomic E-state index is 10.5. The highest BCUT2D eigenvalue weighted by molar-refractivity contribution is 7.13. The summed E-state index contributed by atoms with van der Waals surface area (Å²) in [4.78, 5) is 14.7. The molecule has 0 radical (unpaired) electrons. The van der Waals surface area contributed by atoms with Gasteiger partial charge in [-0.25, -0.2) is 4.98 Å². The summed E-state index contributed by atoms with van der Waals surface area (Å²) in [5.74, 6) is 0. The predicted octanol–water partition coefficient (Wildman–Crippen LogP) is 3.89. The normalized spacial score (nSPS) is 10.3. The van der Waals surface area contributed by atoms with Gasteiger partial charge in [-0.15, -0.1) is 11.3 Å². The first kappa shape index (κ1) is 11.8. The van der Waals surface area contributed by atoms with Crippen molar-refractivity contribution in [2.75, 3.05) is 0 Å². The molecule has 3 heteroatoms. The van der Waals surface area contributed by atoms with Crippen LogP contribution in [0.25, 0.3) is 21.3 Å². The number of rotatable bonds is 1. The highest BCUT2D eigenvalue weighted by Crippen LogP contribution is 2.20. The molecule has 4 rings (SSSR count). The Bertz CT molecular complexity index is 750. The predicted molar refractivity (Wildman–Crippen MR) is 80.1 cm³/mol. The van der Waals surface area contributed by atoms with Crippen LogP contribution in [0.5, 0.6) is 0 Å². The summed E-state index contributed by atoms with van der Waals surface area (Å²) in [5, 5.41) is 4.87. The van der Waals surface area contributed by atoms with Gasteiger partial charge in [-0.2, -0.15) is 0 Å². The first-order valence-corrected chi connectivity index (χ1v) is 6.83. The van der Waals surface area contributed by atoms with Crippen LogP contribution in [0.4, 0.5) is 0 Å². The minimum atomic E-state index is 0.218. The average molecular weight is 265 g/mol. The van der Waals surface area contributed by atoms with Crippen molar-refractivity contribution in [2.45, 2.75) is 0 Å². The third kappa shape index (κ3) is 2.61. The third-order valence-corrected chi connectivity index (χ3v) is 3.63. The molecule has 3 aromatic carbocycles. The Balaban J connectivity index is 0.000000122. The van der Waals surface area contributed by atoms with Crippen LogP contribution in [0.1, 0.15) is 0 Å². The van der Waals surface area contributed by atoms with E-state index in [1.165, 1.54) is 5.56 Å². The number of thiazole rings is 1. The lowest BCUT2D eigenvalue weighted by molar-refractivity contribution is 1.41. The molecular weight excluding hydrogens is 254 g/mol. The Labute approximate surface area is 114 Å². The minimum absolute atomic E-state index is 0.218. The second-order valence-electron chi connectivity index (χ2n) is 4.08. The molecule has 92 valence electrons. The number of aromatic nitrogens is 1. The summed E-state index contributed by atoms with van der Waals surface area (Å²) in [6.45, 7) is 0. The lowest BCUT2D eigenvalue weighted by Crippen LogP contribution is -1.71. The van der Waals surface area contributed by atoms with Crippen LogP contribution in [0, 0.1) is 0 Å². The zero-order valence-corrected chi connectivity index (χ0v) is 10.9. The van der Waals surface area contributed by atoms with E-state index in [2.05, 4.69) is 17.1 Å². The fraction of sp³-hybridized carbons (Fsp3) is 0. The third-order valence-electron chi connectivity index (χ3n) is 2.81. The Morgan fingerprint density at radius 2 is 1.47 bits per heavy atom. The van der Waals surface area contributed by atoms with E-state index in [4.69, 9.17) is 0 Å². The van der Waals surface area contributed by atoms with Gasteiger partial charge in [0.25, 0.3) is 0 Å². The van der Waals surface area contributed by atoms with Crippen LogP contribution in [0.3, 0.4) is 0 Å². The van der Waals surface area contributed by atoms with Gasteiger partial charge in [0.05, 0.1) is 0 Å². The zero-order chi connectivity index (χ0) is 13.1. The number of hydrogen-bond donors (Lipinski definition) is 0. The summed E-state index contributed by atoms with van der Waals surface area (Å²) in [7, 11) is 0. The molecule has 1 aromatic heterocycles. The first-order valence-electron chi connectivity index (χ1n) is 5.95.